The normalized spacial score (nSPS) is 14.0. The maximum Gasteiger partial charge on any atom is 0.268 e. The first-order valence-corrected chi connectivity index (χ1v) is 37.6. The molecule has 0 bridgehead atoms. The number of phosphoric acid groups is 1. The van der Waals surface area contributed by atoms with Crippen LogP contribution in [0.2, 0.25) is 0 Å². The molecule has 0 aromatic rings. The molecule has 0 rings (SSSR count). The third kappa shape index (κ3) is 67.6. The topological polar surface area (TPSA) is 108 Å². The molecule has 0 aliphatic carbocycles. The van der Waals surface area contributed by atoms with E-state index >= 15 is 0 Å². The number of allylic oxidation sites excluding steroid dienone is 9. The van der Waals surface area contributed by atoms with E-state index in [9.17, 15) is 19.4 Å². The van der Waals surface area contributed by atoms with Crippen molar-refractivity contribution in [1.82, 2.24) is 5.32 Å². The third-order valence-corrected chi connectivity index (χ3v) is 17.4. The largest absolute Gasteiger partial charge is 0.756 e. The number of aliphatic hydroxyl groups excluding tert-OH is 1. The number of carbonyl (C=O) groups is 1. The SMILES string of the molecule is CCCCCCC/C=C\C/C=C\C/C=C\CCCCCCCCCCCCCCCCCCCCC(=O)NC(COP(=O)([O-])OCC[N+](C)(C)C)C(O)/C=C/CC/C=C/CCCCCCCCCCCCCCCCCCCCCCCC. The van der Waals surface area contributed by atoms with Crippen molar-refractivity contribution in [1.29, 1.82) is 0 Å². The number of nitrogens with one attached hydrogen (secondary N) is 1. The molecular weight excluding hydrogens is 1040 g/mol. The number of phosphoric ester groups is 1. The van der Waals surface area contributed by atoms with E-state index in [0.29, 0.717) is 17.4 Å². The number of quaternary nitrogens is 1. The van der Waals surface area contributed by atoms with Gasteiger partial charge in [0, 0.05) is 6.42 Å². The summed E-state index contributed by atoms with van der Waals surface area (Å²) in [5.41, 5.74) is 0. The molecular formula is C74H141N2O6P. The highest BCUT2D eigenvalue weighted by Crippen LogP contribution is 2.38. The Morgan fingerprint density at radius 3 is 1.06 bits per heavy atom. The van der Waals surface area contributed by atoms with Gasteiger partial charge in [-0.15, -0.1) is 0 Å². The first-order valence-electron chi connectivity index (χ1n) is 36.2. The van der Waals surface area contributed by atoms with E-state index in [-0.39, 0.29) is 12.5 Å². The lowest BCUT2D eigenvalue weighted by atomic mass is 10.0. The molecule has 488 valence electrons. The van der Waals surface area contributed by atoms with Gasteiger partial charge < -0.3 is 28.8 Å². The molecule has 0 spiro atoms. The van der Waals surface area contributed by atoms with Crippen LogP contribution in [0.25, 0.3) is 0 Å². The van der Waals surface area contributed by atoms with Crippen LogP contribution < -0.4 is 10.2 Å². The number of unbranched alkanes of at least 4 members (excludes halogenated alkanes) is 46. The molecule has 2 N–H and O–H groups in total. The molecule has 0 aromatic heterocycles. The minimum Gasteiger partial charge on any atom is -0.756 e. The monoisotopic (exact) mass is 1190 g/mol. The molecule has 83 heavy (non-hydrogen) atoms. The Bertz CT molecular complexity index is 1540. The van der Waals surface area contributed by atoms with Crippen LogP contribution in [-0.2, 0) is 18.4 Å². The molecule has 1 amide bonds. The Kier molecular flexibility index (Phi) is 63.3. The van der Waals surface area contributed by atoms with Gasteiger partial charge in [-0.3, -0.25) is 9.36 Å². The molecule has 3 unspecified atom stereocenters. The number of likely N-dealkylation sites (N-methyl/N-ethyl adjacent to an activating group) is 1. The van der Waals surface area contributed by atoms with Crippen LogP contribution in [0.15, 0.2) is 60.8 Å². The number of hydrogen-bond donors (Lipinski definition) is 2. The molecule has 0 heterocycles. The van der Waals surface area contributed by atoms with E-state index in [4.69, 9.17) is 9.05 Å². The predicted molar refractivity (Wildman–Crippen MR) is 362 cm³/mol. The summed E-state index contributed by atoms with van der Waals surface area (Å²) in [6, 6.07) is -0.906. The summed E-state index contributed by atoms with van der Waals surface area (Å²) < 4.78 is 23.5. The second-order valence-electron chi connectivity index (χ2n) is 25.9. The average Bonchev–Trinajstić information content (AvgIpc) is 3.49. The van der Waals surface area contributed by atoms with Gasteiger partial charge in [-0.2, -0.15) is 0 Å². The summed E-state index contributed by atoms with van der Waals surface area (Å²) in [4.78, 5) is 25.6. The van der Waals surface area contributed by atoms with Gasteiger partial charge in [0.15, 0.2) is 0 Å². The maximum atomic E-state index is 13.0. The Morgan fingerprint density at radius 2 is 0.711 bits per heavy atom. The Morgan fingerprint density at radius 1 is 0.422 bits per heavy atom. The number of carbonyl (C=O) groups excluding carboxylic acids is 1. The Balaban J connectivity index is 4.07. The Labute approximate surface area is 517 Å². The number of amides is 1. The van der Waals surface area contributed by atoms with Gasteiger partial charge in [-0.1, -0.05) is 338 Å². The van der Waals surface area contributed by atoms with Crippen molar-refractivity contribution in [2.24, 2.45) is 0 Å². The molecule has 0 aliphatic heterocycles. The summed E-state index contributed by atoms with van der Waals surface area (Å²) in [5, 5.41) is 14.0. The summed E-state index contributed by atoms with van der Waals surface area (Å²) in [7, 11) is 1.25. The smallest absolute Gasteiger partial charge is 0.268 e. The van der Waals surface area contributed by atoms with Crippen LogP contribution >= 0.6 is 7.82 Å². The van der Waals surface area contributed by atoms with Gasteiger partial charge in [-0.05, 0) is 70.6 Å². The zero-order valence-electron chi connectivity index (χ0n) is 55.9. The minimum atomic E-state index is -4.61. The number of aliphatic hydroxyl groups is 1. The van der Waals surface area contributed by atoms with Crippen LogP contribution in [0.1, 0.15) is 354 Å². The molecule has 0 saturated carbocycles. The van der Waals surface area contributed by atoms with Crippen molar-refractivity contribution in [3.63, 3.8) is 0 Å². The van der Waals surface area contributed by atoms with Crippen molar-refractivity contribution < 1.29 is 32.9 Å². The fourth-order valence-electron chi connectivity index (χ4n) is 10.8. The summed E-state index contributed by atoms with van der Waals surface area (Å²) in [5.74, 6) is -0.202. The first-order chi connectivity index (χ1) is 40.5. The summed E-state index contributed by atoms with van der Waals surface area (Å²) in [6.07, 6.45) is 89.3. The number of rotatable bonds is 67. The van der Waals surface area contributed by atoms with Crippen molar-refractivity contribution in [2.45, 2.75) is 366 Å². The zero-order valence-corrected chi connectivity index (χ0v) is 56.8. The molecule has 0 aromatic carbocycles. The van der Waals surface area contributed by atoms with E-state index in [2.05, 4.69) is 67.8 Å². The quantitative estimate of drug-likeness (QED) is 0.0272. The van der Waals surface area contributed by atoms with Crippen molar-refractivity contribution >= 4 is 13.7 Å². The molecule has 3 atom stereocenters. The van der Waals surface area contributed by atoms with E-state index in [1.165, 1.54) is 283 Å². The lowest BCUT2D eigenvalue weighted by molar-refractivity contribution is -0.870. The second kappa shape index (κ2) is 64.7. The van der Waals surface area contributed by atoms with E-state index in [1.54, 1.807) is 6.08 Å². The standard InChI is InChI=1S/C74H141N2O6P/c1-6-8-10-12-14-16-18-20-22-24-26-28-30-32-34-36-37-38-39-40-42-44-46-48-50-52-54-56-58-60-62-64-66-68-74(78)75-72(71-82-83(79,80)81-70-69-76(3,4)5)73(77)67-65-63-61-59-57-55-53-51-49-47-45-43-41-35-33-31-29-27-25-23-21-19-17-15-13-11-9-7-2/h18,20,24,26,30,32,57,59,65,67,72-73,77H,6-17,19,21-23,25,27-29,31,33-56,58,60-64,66,68-71H2,1-5H3,(H-,75,78,79,80)/b20-18-,26-24-,32-30-,59-57+,67-65+. The van der Waals surface area contributed by atoms with Crippen LogP contribution in [-0.4, -0.2) is 68.5 Å². The summed E-state index contributed by atoms with van der Waals surface area (Å²) >= 11 is 0. The maximum absolute atomic E-state index is 13.0. The number of nitrogens with zero attached hydrogens (tertiary/aromatic N) is 1. The molecule has 0 fully saturated rings. The summed E-state index contributed by atoms with van der Waals surface area (Å²) in [6.45, 7) is 4.67. The van der Waals surface area contributed by atoms with Gasteiger partial charge in [-0.25, -0.2) is 0 Å². The van der Waals surface area contributed by atoms with E-state index in [0.717, 1.165) is 51.4 Å². The highest BCUT2D eigenvalue weighted by molar-refractivity contribution is 7.45. The minimum absolute atomic E-state index is 0.00623. The van der Waals surface area contributed by atoms with Gasteiger partial charge in [0.2, 0.25) is 5.91 Å². The van der Waals surface area contributed by atoms with E-state index < -0.39 is 26.6 Å². The fourth-order valence-corrected chi connectivity index (χ4v) is 11.6. The lowest BCUT2D eigenvalue weighted by Gasteiger charge is -2.29. The highest BCUT2D eigenvalue weighted by Gasteiger charge is 2.23. The highest BCUT2D eigenvalue weighted by atomic mass is 31.2. The molecule has 9 heteroatoms. The van der Waals surface area contributed by atoms with Crippen LogP contribution in [0.5, 0.6) is 0 Å². The van der Waals surface area contributed by atoms with Crippen LogP contribution in [0.3, 0.4) is 0 Å². The van der Waals surface area contributed by atoms with Crippen LogP contribution in [0, 0.1) is 0 Å². The van der Waals surface area contributed by atoms with Gasteiger partial charge in [0.25, 0.3) is 7.82 Å². The Hall–Kier alpha value is -1.80. The molecule has 8 nitrogen and oxygen atoms in total. The molecule has 0 saturated heterocycles. The predicted octanol–water partition coefficient (Wildman–Crippen LogP) is 22.5. The van der Waals surface area contributed by atoms with Crippen molar-refractivity contribution in [3.8, 4) is 0 Å². The van der Waals surface area contributed by atoms with Gasteiger partial charge in [0.1, 0.15) is 13.2 Å². The van der Waals surface area contributed by atoms with Crippen LogP contribution in [0.4, 0.5) is 0 Å². The molecule has 0 radical (unpaired) electrons. The lowest BCUT2D eigenvalue weighted by Crippen LogP contribution is -2.45. The van der Waals surface area contributed by atoms with Gasteiger partial charge in [0.05, 0.1) is 39.9 Å². The van der Waals surface area contributed by atoms with Crippen molar-refractivity contribution in [2.75, 3.05) is 40.9 Å². The van der Waals surface area contributed by atoms with Gasteiger partial charge >= 0.3 is 0 Å². The average molecular weight is 1190 g/mol. The van der Waals surface area contributed by atoms with Crippen molar-refractivity contribution in [3.05, 3.63) is 60.8 Å². The fraction of sp³-hybridized carbons (Fsp3) is 0.851. The first kappa shape index (κ1) is 81.2. The molecule has 0 aliphatic rings. The second-order valence-corrected chi connectivity index (χ2v) is 27.3. The number of hydrogen-bond acceptors (Lipinski definition) is 6. The third-order valence-electron chi connectivity index (χ3n) is 16.4. The van der Waals surface area contributed by atoms with E-state index in [1.807, 2.05) is 27.2 Å². The zero-order chi connectivity index (χ0) is 60.5.